The molecule has 0 fully saturated rings. The molecule has 0 aliphatic carbocycles. The fourth-order valence-electron chi connectivity index (χ4n) is 1.42. The second-order valence-corrected chi connectivity index (χ2v) is 6.50. The van der Waals surface area contributed by atoms with Gasteiger partial charge in [0.2, 0.25) is 0 Å². The molecule has 0 radical (unpaired) electrons. The van der Waals surface area contributed by atoms with Gasteiger partial charge in [0.05, 0.1) is 5.69 Å². The topological polar surface area (TPSA) is 81.4 Å². The minimum absolute atomic E-state index is 0.0122. The second kappa shape index (κ2) is 5.63. The Labute approximate surface area is 118 Å². The summed E-state index contributed by atoms with van der Waals surface area (Å²) < 4.78 is 55.0. The van der Waals surface area contributed by atoms with Gasteiger partial charge in [-0.2, -0.15) is 8.78 Å². The van der Waals surface area contributed by atoms with Crippen LogP contribution in [0.3, 0.4) is 0 Å². The van der Waals surface area contributed by atoms with Gasteiger partial charge in [-0.25, -0.2) is 8.42 Å². The molecule has 0 aliphatic heterocycles. The molecule has 0 saturated heterocycles. The Morgan fingerprint density at radius 2 is 2.00 bits per heavy atom. The highest BCUT2D eigenvalue weighted by atomic mass is 32.2. The number of nitrogen functional groups attached to an aromatic ring is 1. The average molecular weight is 320 g/mol. The normalized spacial score (nSPS) is 11.6. The van der Waals surface area contributed by atoms with E-state index in [9.17, 15) is 17.2 Å². The number of hydrogen-bond donors (Lipinski definition) is 2. The molecule has 0 atom stereocenters. The van der Waals surface area contributed by atoms with E-state index in [0.717, 1.165) is 11.3 Å². The van der Waals surface area contributed by atoms with Gasteiger partial charge in [-0.05, 0) is 18.2 Å². The summed E-state index contributed by atoms with van der Waals surface area (Å²) in [6.07, 6.45) is 0. The van der Waals surface area contributed by atoms with Crippen LogP contribution in [0.5, 0.6) is 5.75 Å². The number of alkyl halides is 2. The molecular formula is C11H10F2N2O3S2. The Morgan fingerprint density at radius 1 is 1.30 bits per heavy atom. The lowest BCUT2D eigenvalue weighted by Gasteiger charge is -2.12. The summed E-state index contributed by atoms with van der Waals surface area (Å²) in [6.45, 7) is -3.04. The summed E-state index contributed by atoms with van der Waals surface area (Å²) in [7, 11) is -3.89. The molecule has 1 heterocycles. The molecule has 20 heavy (non-hydrogen) atoms. The Balaban J connectivity index is 2.30. The second-order valence-electron chi connectivity index (χ2n) is 3.68. The van der Waals surface area contributed by atoms with Crippen molar-refractivity contribution in [2.75, 3.05) is 10.5 Å². The standard InChI is InChI=1S/C11H10F2N2O3S2/c12-11(13)18-9-4-2-1-3-8(9)15-20(16,17)10-5-7(14)6-19-10/h1-6,11,15H,14H2. The predicted molar refractivity (Wildman–Crippen MR) is 72.6 cm³/mol. The van der Waals surface area contributed by atoms with Crippen molar-refractivity contribution in [3.63, 3.8) is 0 Å². The van der Waals surface area contributed by atoms with Crippen LogP contribution in [0.25, 0.3) is 0 Å². The van der Waals surface area contributed by atoms with Crippen LogP contribution in [-0.4, -0.2) is 15.0 Å². The third-order valence-corrected chi connectivity index (χ3v) is 5.03. The van der Waals surface area contributed by atoms with E-state index in [-0.39, 0.29) is 15.6 Å². The van der Waals surface area contributed by atoms with Gasteiger partial charge in [0.15, 0.2) is 0 Å². The van der Waals surface area contributed by atoms with E-state index in [2.05, 4.69) is 9.46 Å². The van der Waals surface area contributed by atoms with Crippen molar-refractivity contribution in [3.05, 3.63) is 35.7 Å². The Kier molecular flexibility index (Phi) is 4.09. The number of sulfonamides is 1. The summed E-state index contributed by atoms with van der Waals surface area (Å²) in [5.41, 5.74) is 5.70. The molecule has 0 amide bonds. The molecule has 3 N–H and O–H groups in total. The molecule has 0 unspecified atom stereocenters. The number of anilines is 2. The minimum Gasteiger partial charge on any atom is -0.433 e. The first-order valence-electron chi connectivity index (χ1n) is 5.29. The highest BCUT2D eigenvalue weighted by Gasteiger charge is 2.19. The summed E-state index contributed by atoms with van der Waals surface area (Å²) in [4.78, 5) is 0. The van der Waals surface area contributed by atoms with E-state index >= 15 is 0 Å². The van der Waals surface area contributed by atoms with Crippen molar-refractivity contribution in [1.82, 2.24) is 0 Å². The Bertz CT molecular complexity index is 701. The first-order valence-corrected chi connectivity index (χ1v) is 7.65. The maximum Gasteiger partial charge on any atom is 0.387 e. The maximum atomic E-state index is 12.2. The van der Waals surface area contributed by atoms with Crippen LogP contribution in [0.1, 0.15) is 0 Å². The van der Waals surface area contributed by atoms with E-state index in [4.69, 9.17) is 5.73 Å². The number of halogens is 2. The van der Waals surface area contributed by atoms with Gasteiger partial charge in [-0.3, -0.25) is 4.72 Å². The van der Waals surface area contributed by atoms with Crippen molar-refractivity contribution in [2.45, 2.75) is 10.8 Å². The number of para-hydroxylation sites is 2. The smallest absolute Gasteiger partial charge is 0.387 e. The monoisotopic (exact) mass is 320 g/mol. The SMILES string of the molecule is Nc1csc(S(=O)(=O)Nc2ccccc2OC(F)F)c1. The molecule has 9 heteroatoms. The summed E-state index contributed by atoms with van der Waals surface area (Å²) in [6, 6.07) is 6.81. The lowest BCUT2D eigenvalue weighted by Crippen LogP contribution is -2.13. The molecule has 0 bridgehead atoms. The molecule has 0 aliphatic rings. The van der Waals surface area contributed by atoms with E-state index in [1.54, 1.807) is 0 Å². The Hall–Kier alpha value is -1.87. The number of benzene rings is 1. The minimum atomic E-state index is -3.89. The van der Waals surface area contributed by atoms with Gasteiger partial charge in [0.25, 0.3) is 10.0 Å². The summed E-state index contributed by atoms with van der Waals surface area (Å²) in [5, 5.41) is 1.47. The number of ether oxygens (including phenoxy) is 1. The molecule has 5 nitrogen and oxygen atoms in total. The fourth-order valence-corrected chi connectivity index (χ4v) is 3.57. The van der Waals surface area contributed by atoms with Crippen molar-refractivity contribution < 1.29 is 21.9 Å². The number of nitrogens with one attached hydrogen (secondary N) is 1. The van der Waals surface area contributed by atoms with Crippen molar-refractivity contribution in [2.24, 2.45) is 0 Å². The van der Waals surface area contributed by atoms with E-state index in [0.29, 0.717) is 5.69 Å². The zero-order chi connectivity index (χ0) is 14.8. The van der Waals surface area contributed by atoms with Crippen LogP contribution in [0.2, 0.25) is 0 Å². The fraction of sp³-hybridized carbons (Fsp3) is 0.0909. The van der Waals surface area contributed by atoms with Crippen LogP contribution in [0, 0.1) is 0 Å². The first-order chi connectivity index (χ1) is 9.38. The van der Waals surface area contributed by atoms with Crippen molar-refractivity contribution >= 4 is 32.7 Å². The van der Waals surface area contributed by atoms with Gasteiger partial charge in [-0.1, -0.05) is 12.1 Å². The molecule has 0 saturated carbocycles. The molecule has 2 rings (SSSR count). The van der Waals surface area contributed by atoms with Gasteiger partial charge in [0, 0.05) is 11.1 Å². The van der Waals surface area contributed by atoms with Crippen LogP contribution in [-0.2, 0) is 10.0 Å². The summed E-state index contributed by atoms with van der Waals surface area (Å²) >= 11 is 0.931. The third kappa shape index (κ3) is 3.36. The molecule has 108 valence electrons. The number of nitrogens with two attached hydrogens (primary N) is 1. The van der Waals surface area contributed by atoms with E-state index in [1.807, 2.05) is 0 Å². The maximum absolute atomic E-state index is 12.2. The first kappa shape index (κ1) is 14.5. The summed E-state index contributed by atoms with van der Waals surface area (Å²) in [5.74, 6) is -0.254. The lowest BCUT2D eigenvalue weighted by atomic mass is 10.3. The molecule has 0 spiro atoms. The predicted octanol–water partition coefficient (Wildman–Crippen LogP) is 2.73. The van der Waals surface area contributed by atoms with Gasteiger partial charge < -0.3 is 10.5 Å². The zero-order valence-corrected chi connectivity index (χ0v) is 11.5. The Morgan fingerprint density at radius 3 is 2.60 bits per heavy atom. The van der Waals surface area contributed by atoms with Gasteiger partial charge >= 0.3 is 6.61 Å². The van der Waals surface area contributed by atoms with Crippen LogP contribution >= 0.6 is 11.3 Å². The molecule has 1 aromatic carbocycles. The van der Waals surface area contributed by atoms with E-state index < -0.39 is 16.6 Å². The molecule has 1 aromatic heterocycles. The van der Waals surface area contributed by atoms with Crippen LogP contribution in [0.4, 0.5) is 20.2 Å². The number of rotatable bonds is 5. The third-order valence-electron chi connectivity index (χ3n) is 2.21. The largest absolute Gasteiger partial charge is 0.433 e. The lowest BCUT2D eigenvalue weighted by molar-refractivity contribution is -0.0493. The van der Waals surface area contributed by atoms with Crippen molar-refractivity contribution in [3.8, 4) is 5.75 Å². The average Bonchev–Trinajstić information content (AvgIpc) is 2.78. The highest BCUT2D eigenvalue weighted by molar-refractivity contribution is 7.94. The number of thiophene rings is 1. The molecular weight excluding hydrogens is 310 g/mol. The van der Waals surface area contributed by atoms with Crippen molar-refractivity contribution in [1.29, 1.82) is 0 Å². The number of hydrogen-bond acceptors (Lipinski definition) is 5. The van der Waals surface area contributed by atoms with Gasteiger partial charge in [-0.15, -0.1) is 11.3 Å². The van der Waals surface area contributed by atoms with Gasteiger partial charge in [0.1, 0.15) is 9.96 Å². The quantitative estimate of drug-likeness (QED) is 0.887. The van der Waals surface area contributed by atoms with Crippen LogP contribution < -0.4 is 15.2 Å². The molecule has 2 aromatic rings. The van der Waals surface area contributed by atoms with Crippen LogP contribution in [0.15, 0.2) is 39.9 Å². The zero-order valence-electron chi connectivity index (χ0n) is 9.92. The highest BCUT2D eigenvalue weighted by Crippen LogP contribution is 2.30. The van der Waals surface area contributed by atoms with E-state index in [1.165, 1.54) is 35.7 Å².